The van der Waals surface area contributed by atoms with Crippen LogP contribution in [0, 0.1) is 0 Å². The van der Waals surface area contributed by atoms with Gasteiger partial charge in [0, 0.05) is 14.5 Å². The molecule has 1 aromatic heterocycles. The fourth-order valence-electron chi connectivity index (χ4n) is 2.79. The van der Waals surface area contributed by atoms with Crippen LogP contribution in [0.1, 0.15) is 10.4 Å². The Balaban J connectivity index is 1.59. The van der Waals surface area contributed by atoms with E-state index >= 15 is 0 Å². The highest BCUT2D eigenvalue weighted by Crippen LogP contribution is 2.36. The number of thiazole rings is 1. The zero-order valence-electron chi connectivity index (χ0n) is 15.1. The minimum atomic E-state index is -0.391. The second-order valence-corrected chi connectivity index (χ2v) is 9.89. The van der Waals surface area contributed by atoms with Gasteiger partial charge < -0.3 is 5.32 Å². The van der Waals surface area contributed by atoms with E-state index < -0.39 is 5.91 Å². The molecule has 0 radical (unpaired) electrons. The number of halogens is 3. The maximum atomic E-state index is 12.6. The van der Waals surface area contributed by atoms with E-state index in [4.69, 9.17) is 28.8 Å². The van der Waals surface area contributed by atoms with E-state index in [0.29, 0.717) is 10.6 Å². The molecule has 1 amide bonds. The van der Waals surface area contributed by atoms with Gasteiger partial charge in [-0.3, -0.25) is 10.1 Å². The number of benzene rings is 3. The van der Waals surface area contributed by atoms with Gasteiger partial charge in [0.05, 0.1) is 26.5 Å². The van der Waals surface area contributed by atoms with Crippen molar-refractivity contribution < 1.29 is 4.79 Å². The number of carbonyl (C=O) groups excluding carboxylic acids is 1. The minimum Gasteiger partial charge on any atom is -0.332 e. The van der Waals surface area contributed by atoms with Crippen LogP contribution in [-0.4, -0.2) is 16.0 Å². The molecule has 4 nitrogen and oxygen atoms in total. The molecule has 9 heteroatoms. The van der Waals surface area contributed by atoms with Crippen LogP contribution in [0.3, 0.4) is 0 Å². The van der Waals surface area contributed by atoms with Crippen molar-refractivity contribution in [2.24, 2.45) is 0 Å². The predicted octanol–water partition coefficient (Wildman–Crippen LogP) is 7.27. The van der Waals surface area contributed by atoms with E-state index in [-0.39, 0.29) is 5.11 Å². The van der Waals surface area contributed by atoms with Gasteiger partial charge in [0.1, 0.15) is 5.01 Å². The second kappa shape index (κ2) is 9.11. The molecule has 0 aliphatic carbocycles. The Bertz CT molecular complexity index is 1260. The van der Waals surface area contributed by atoms with Crippen molar-refractivity contribution in [3.63, 3.8) is 0 Å². The number of nitrogens with one attached hydrogen (secondary N) is 2. The number of fused-ring (bicyclic) bond motifs is 1. The van der Waals surface area contributed by atoms with E-state index in [1.165, 1.54) is 0 Å². The number of aromatic nitrogens is 1. The summed E-state index contributed by atoms with van der Waals surface area (Å²) in [4.78, 5) is 17.3. The molecule has 4 aromatic rings. The summed E-state index contributed by atoms with van der Waals surface area (Å²) >= 11 is 20.0. The summed E-state index contributed by atoms with van der Waals surface area (Å²) in [6.45, 7) is 0. The summed E-state index contributed by atoms with van der Waals surface area (Å²) < 4.78 is 2.76. The monoisotopic (exact) mass is 579 g/mol. The smallest absolute Gasteiger partial charge is 0.258 e. The van der Waals surface area contributed by atoms with Crippen LogP contribution in [0.25, 0.3) is 20.8 Å². The molecule has 3 aromatic carbocycles. The molecule has 0 saturated carbocycles. The molecule has 30 heavy (non-hydrogen) atoms. The fraction of sp³-hybridized carbons (Fsp3) is 0. The standard InChI is InChI=1S/C21H12Br2ClN3OS2/c22-11-5-7-15(24)13(9-11)19(28)27-21(29)26-16-8-6-12(23)10-14(16)20-25-17-3-1-2-4-18(17)30-20/h1-10H,(H2,26,27,28,29). The number of rotatable bonds is 3. The minimum absolute atomic E-state index is 0.167. The molecule has 1 heterocycles. The Labute approximate surface area is 203 Å². The van der Waals surface area contributed by atoms with Gasteiger partial charge in [0.2, 0.25) is 0 Å². The lowest BCUT2D eigenvalue weighted by molar-refractivity contribution is 0.0978. The first kappa shape index (κ1) is 21.4. The number of thiocarbonyl (C=S) groups is 1. The van der Waals surface area contributed by atoms with Crippen molar-refractivity contribution in [1.82, 2.24) is 10.3 Å². The Kier molecular flexibility index (Phi) is 6.50. The maximum Gasteiger partial charge on any atom is 0.258 e. The molecular formula is C21H12Br2ClN3OS2. The first-order valence-electron chi connectivity index (χ1n) is 8.63. The summed E-state index contributed by atoms with van der Waals surface area (Å²) in [6, 6.07) is 18.8. The molecule has 0 fully saturated rings. The summed E-state index contributed by atoms with van der Waals surface area (Å²) in [5.74, 6) is -0.391. The first-order chi connectivity index (χ1) is 14.4. The maximum absolute atomic E-state index is 12.6. The van der Waals surface area contributed by atoms with Crippen LogP contribution in [0.2, 0.25) is 5.02 Å². The predicted molar refractivity (Wildman–Crippen MR) is 136 cm³/mol. The van der Waals surface area contributed by atoms with Crippen LogP contribution in [-0.2, 0) is 0 Å². The average molecular weight is 582 g/mol. The van der Waals surface area contributed by atoms with Gasteiger partial charge in [-0.05, 0) is 60.7 Å². The lowest BCUT2D eigenvalue weighted by atomic mass is 10.2. The van der Waals surface area contributed by atoms with Gasteiger partial charge in [-0.15, -0.1) is 11.3 Å². The molecule has 0 aliphatic rings. The molecule has 0 atom stereocenters. The van der Waals surface area contributed by atoms with Crippen LogP contribution in [0.15, 0.2) is 69.6 Å². The van der Waals surface area contributed by atoms with Gasteiger partial charge in [-0.25, -0.2) is 4.98 Å². The van der Waals surface area contributed by atoms with E-state index in [1.54, 1.807) is 29.5 Å². The molecule has 150 valence electrons. The number of anilines is 1. The molecule has 0 bridgehead atoms. The summed E-state index contributed by atoms with van der Waals surface area (Å²) in [5.41, 5.74) is 2.88. The highest BCUT2D eigenvalue weighted by molar-refractivity contribution is 9.10. The van der Waals surface area contributed by atoms with Gasteiger partial charge >= 0.3 is 0 Å². The topological polar surface area (TPSA) is 54.0 Å². The first-order valence-corrected chi connectivity index (χ1v) is 11.8. The van der Waals surface area contributed by atoms with E-state index in [0.717, 1.165) is 35.4 Å². The zero-order chi connectivity index (χ0) is 21.3. The van der Waals surface area contributed by atoms with Crippen LogP contribution >= 0.6 is 67.0 Å². The Morgan fingerprint density at radius 3 is 2.57 bits per heavy atom. The largest absolute Gasteiger partial charge is 0.332 e. The lowest BCUT2D eigenvalue weighted by Gasteiger charge is -2.13. The quantitative estimate of drug-likeness (QED) is 0.250. The summed E-state index contributed by atoms with van der Waals surface area (Å²) in [7, 11) is 0. The van der Waals surface area contributed by atoms with Crippen LogP contribution in [0.5, 0.6) is 0 Å². The number of carbonyl (C=O) groups is 1. The SMILES string of the molecule is O=C(NC(=S)Nc1ccc(Br)cc1-c1nc2ccccc2s1)c1cc(Br)ccc1Cl. The summed E-state index contributed by atoms with van der Waals surface area (Å²) in [6.07, 6.45) is 0. The van der Waals surface area contributed by atoms with Crippen molar-refractivity contribution in [2.75, 3.05) is 5.32 Å². The van der Waals surface area contributed by atoms with E-state index in [9.17, 15) is 4.79 Å². The molecule has 4 rings (SSSR count). The van der Waals surface area contributed by atoms with Gasteiger partial charge in [-0.2, -0.15) is 0 Å². The zero-order valence-corrected chi connectivity index (χ0v) is 20.6. The molecule has 2 N–H and O–H groups in total. The molecule has 0 spiro atoms. The van der Waals surface area contributed by atoms with Crippen LogP contribution < -0.4 is 10.6 Å². The third-order valence-electron chi connectivity index (χ3n) is 4.15. The average Bonchev–Trinajstić information content (AvgIpc) is 3.15. The molecule has 0 unspecified atom stereocenters. The van der Waals surface area contributed by atoms with Crippen molar-refractivity contribution in [1.29, 1.82) is 0 Å². The van der Waals surface area contributed by atoms with Gasteiger partial charge in [0.25, 0.3) is 5.91 Å². The highest BCUT2D eigenvalue weighted by atomic mass is 79.9. The van der Waals surface area contributed by atoms with E-state index in [2.05, 4.69) is 42.5 Å². The second-order valence-electron chi connectivity index (χ2n) is 6.21. The molecule has 0 aliphatic heterocycles. The van der Waals surface area contributed by atoms with E-state index in [1.807, 2.05) is 42.5 Å². The summed E-state index contributed by atoms with van der Waals surface area (Å²) in [5, 5.41) is 7.15. The Hall–Kier alpha value is -1.84. The number of hydrogen-bond acceptors (Lipinski definition) is 4. The fourth-order valence-corrected chi connectivity index (χ4v) is 4.91. The third-order valence-corrected chi connectivity index (χ3v) is 6.74. The molecule has 0 saturated heterocycles. The van der Waals surface area contributed by atoms with Crippen molar-refractivity contribution >= 4 is 93.9 Å². The van der Waals surface area contributed by atoms with Gasteiger partial charge in [0.15, 0.2) is 5.11 Å². The van der Waals surface area contributed by atoms with Gasteiger partial charge in [-0.1, -0.05) is 55.6 Å². The molecular weight excluding hydrogens is 570 g/mol. The third kappa shape index (κ3) is 4.73. The van der Waals surface area contributed by atoms with Crippen molar-refractivity contribution in [2.45, 2.75) is 0 Å². The number of hydrogen-bond donors (Lipinski definition) is 2. The Morgan fingerprint density at radius 1 is 1.03 bits per heavy atom. The van der Waals surface area contributed by atoms with Crippen molar-refractivity contribution in [3.05, 3.63) is 80.2 Å². The number of amides is 1. The Morgan fingerprint density at radius 2 is 1.77 bits per heavy atom. The van der Waals surface area contributed by atoms with Crippen LogP contribution in [0.4, 0.5) is 5.69 Å². The van der Waals surface area contributed by atoms with Crippen molar-refractivity contribution in [3.8, 4) is 10.6 Å². The number of nitrogens with zero attached hydrogens (tertiary/aromatic N) is 1. The lowest BCUT2D eigenvalue weighted by Crippen LogP contribution is -2.34. The highest BCUT2D eigenvalue weighted by Gasteiger charge is 2.15. The normalized spacial score (nSPS) is 10.8. The number of para-hydroxylation sites is 1.